The van der Waals surface area contributed by atoms with Crippen LogP contribution in [0.25, 0.3) is 0 Å². The normalized spacial score (nSPS) is 19.3. The molecule has 35 heavy (non-hydrogen) atoms. The van der Waals surface area contributed by atoms with Gasteiger partial charge in [-0.05, 0) is 86.8 Å². The first-order valence-electron chi connectivity index (χ1n) is 12.9. The number of aryl methyl sites for hydroxylation is 1. The molecule has 1 spiro atoms. The number of amides is 2. The zero-order chi connectivity index (χ0) is 24.7. The van der Waals surface area contributed by atoms with E-state index in [2.05, 4.69) is 52.3 Å². The fraction of sp³-hybridized carbons (Fsp3) is 0.517. The number of ether oxygens (including phenoxy) is 1. The standard InChI is InChI=1S/C25H32N2O2.C4H7NO/c1-29-23-11-9-22(10-12-23)19-27-20-25(18-24(27)28)13-16-26(17-14-25)15-5-8-21-6-3-2-4-7-21;5-4(6)3-1-2-3/h2-4,6-7,9-12H,5,8,13-20H2,1H3;3H,1-2H2,(H2,5,6). The number of methoxy groups -OCH3 is 1. The second-order valence-electron chi connectivity index (χ2n) is 10.4. The number of primary amides is 1. The number of nitrogens with two attached hydrogens (primary N) is 1. The summed E-state index contributed by atoms with van der Waals surface area (Å²) in [4.78, 5) is 27.3. The topological polar surface area (TPSA) is 75.9 Å². The number of carbonyl (C=O) groups is 2. The summed E-state index contributed by atoms with van der Waals surface area (Å²) < 4.78 is 5.23. The predicted molar refractivity (Wildman–Crippen MR) is 138 cm³/mol. The van der Waals surface area contributed by atoms with Gasteiger partial charge >= 0.3 is 0 Å². The third kappa shape index (κ3) is 7.31. The molecule has 2 aliphatic heterocycles. The Bertz CT molecular complexity index is 964. The monoisotopic (exact) mass is 477 g/mol. The van der Waals surface area contributed by atoms with Crippen LogP contribution in [0.2, 0.25) is 0 Å². The van der Waals surface area contributed by atoms with Gasteiger partial charge in [-0.15, -0.1) is 0 Å². The van der Waals surface area contributed by atoms with E-state index in [1.165, 1.54) is 17.5 Å². The summed E-state index contributed by atoms with van der Waals surface area (Å²) in [6.45, 7) is 5.03. The average molecular weight is 478 g/mol. The van der Waals surface area contributed by atoms with Crippen LogP contribution in [0.4, 0.5) is 0 Å². The lowest BCUT2D eigenvalue weighted by Gasteiger charge is -2.38. The maximum absolute atomic E-state index is 12.7. The molecule has 2 heterocycles. The van der Waals surface area contributed by atoms with Crippen LogP contribution >= 0.6 is 0 Å². The zero-order valence-electron chi connectivity index (χ0n) is 21.0. The molecule has 2 aromatic carbocycles. The van der Waals surface area contributed by atoms with Gasteiger partial charge in [0.2, 0.25) is 11.8 Å². The van der Waals surface area contributed by atoms with Crippen molar-refractivity contribution >= 4 is 11.8 Å². The highest BCUT2D eigenvalue weighted by Gasteiger charge is 2.44. The highest BCUT2D eigenvalue weighted by molar-refractivity contribution is 5.79. The zero-order valence-corrected chi connectivity index (χ0v) is 21.0. The Morgan fingerprint density at radius 1 is 1.03 bits per heavy atom. The maximum atomic E-state index is 12.7. The summed E-state index contributed by atoms with van der Waals surface area (Å²) in [6.07, 6.45) is 7.41. The molecule has 0 unspecified atom stereocenters. The van der Waals surface area contributed by atoms with Crippen LogP contribution in [-0.2, 0) is 22.6 Å². The maximum Gasteiger partial charge on any atom is 0.223 e. The second kappa shape index (κ2) is 11.7. The van der Waals surface area contributed by atoms with E-state index < -0.39 is 0 Å². The number of carbonyl (C=O) groups excluding carboxylic acids is 2. The fourth-order valence-electron chi connectivity index (χ4n) is 5.18. The molecule has 0 atom stereocenters. The number of hydrogen-bond donors (Lipinski definition) is 1. The lowest BCUT2D eigenvalue weighted by Crippen LogP contribution is -2.41. The van der Waals surface area contributed by atoms with Crippen LogP contribution < -0.4 is 10.5 Å². The van der Waals surface area contributed by atoms with Crippen molar-refractivity contribution in [3.63, 3.8) is 0 Å². The molecule has 6 heteroatoms. The molecule has 3 fully saturated rings. The molecular weight excluding hydrogens is 438 g/mol. The average Bonchev–Trinajstić information content (AvgIpc) is 3.68. The molecule has 2 amide bonds. The lowest BCUT2D eigenvalue weighted by atomic mass is 9.77. The number of rotatable bonds is 8. The van der Waals surface area contributed by atoms with Crippen LogP contribution in [0.3, 0.4) is 0 Å². The van der Waals surface area contributed by atoms with E-state index in [1.54, 1.807) is 7.11 Å². The van der Waals surface area contributed by atoms with Gasteiger partial charge in [0, 0.05) is 25.4 Å². The van der Waals surface area contributed by atoms with Crippen molar-refractivity contribution in [3.8, 4) is 5.75 Å². The van der Waals surface area contributed by atoms with Gasteiger partial charge in [0.05, 0.1) is 7.11 Å². The van der Waals surface area contributed by atoms with Crippen LogP contribution in [0.1, 0.15) is 49.7 Å². The molecule has 3 aliphatic rings. The van der Waals surface area contributed by atoms with E-state index in [-0.39, 0.29) is 17.2 Å². The number of piperidine rings is 1. The molecule has 6 nitrogen and oxygen atoms in total. The predicted octanol–water partition coefficient (Wildman–Crippen LogP) is 4.02. The third-order valence-corrected chi connectivity index (χ3v) is 7.62. The van der Waals surface area contributed by atoms with Gasteiger partial charge in [0.1, 0.15) is 5.75 Å². The first kappa shape index (κ1) is 25.2. The van der Waals surface area contributed by atoms with Crippen LogP contribution in [0.5, 0.6) is 5.75 Å². The van der Waals surface area contributed by atoms with Crippen LogP contribution in [-0.4, -0.2) is 54.9 Å². The minimum Gasteiger partial charge on any atom is -0.497 e. The summed E-state index contributed by atoms with van der Waals surface area (Å²) in [5.74, 6) is 1.29. The SMILES string of the molecule is COc1ccc(CN2CC3(CCN(CCCc4ccccc4)CC3)CC2=O)cc1.NC(=O)C1CC1. The smallest absolute Gasteiger partial charge is 0.223 e. The van der Waals surface area contributed by atoms with Gasteiger partial charge in [0.15, 0.2) is 0 Å². The Morgan fingerprint density at radius 3 is 2.29 bits per heavy atom. The van der Waals surface area contributed by atoms with Gasteiger partial charge < -0.3 is 20.3 Å². The Balaban J connectivity index is 0.000000421. The molecule has 0 radical (unpaired) electrons. The fourth-order valence-corrected chi connectivity index (χ4v) is 5.18. The van der Waals surface area contributed by atoms with Crippen molar-refractivity contribution in [2.24, 2.45) is 17.1 Å². The molecule has 1 aliphatic carbocycles. The Hall–Kier alpha value is -2.86. The highest BCUT2D eigenvalue weighted by Crippen LogP contribution is 2.41. The molecule has 5 rings (SSSR count). The third-order valence-electron chi connectivity index (χ3n) is 7.62. The molecule has 2 aromatic rings. The van der Waals surface area contributed by atoms with Crippen molar-refractivity contribution in [1.82, 2.24) is 9.80 Å². The molecule has 2 N–H and O–H groups in total. The van der Waals surface area contributed by atoms with Crippen molar-refractivity contribution in [2.45, 2.75) is 51.5 Å². The molecule has 0 aromatic heterocycles. The Kier molecular flexibility index (Phi) is 8.45. The minimum atomic E-state index is -0.130. The first-order chi connectivity index (χ1) is 17.0. The summed E-state index contributed by atoms with van der Waals surface area (Å²) in [5, 5.41) is 0. The summed E-state index contributed by atoms with van der Waals surface area (Å²) in [7, 11) is 1.68. The lowest BCUT2D eigenvalue weighted by molar-refractivity contribution is -0.128. The molecule has 188 valence electrons. The van der Waals surface area contributed by atoms with Gasteiger partial charge in [-0.1, -0.05) is 42.5 Å². The number of nitrogens with zero attached hydrogens (tertiary/aromatic N) is 2. The van der Waals surface area contributed by atoms with Gasteiger partial charge in [-0.3, -0.25) is 9.59 Å². The second-order valence-corrected chi connectivity index (χ2v) is 10.4. The van der Waals surface area contributed by atoms with Crippen molar-refractivity contribution in [3.05, 3.63) is 65.7 Å². The molecular formula is C29H39N3O3. The van der Waals surface area contributed by atoms with E-state index in [0.717, 1.165) is 70.5 Å². The van der Waals surface area contributed by atoms with Crippen LogP contribution in [0.15, 0.2) is 54.6 Å². The van der Waals surface area contributed by atoms with Crippen molar-refractivity contribution in [1.29, 1.82) is 0 Å². The molecule has 0 bridgehead atoms. The van der Waals surface area contributed by atoms with E-state index in [4.69, 9.17) is 10.5 Å². The van der Waals surface area contributed by atoms with Gasteiger partial charge in [-0.2, -0.15) is 0 Å². The van der Waals surface area contributed by atoms with E-state index in [0.29, 0.717) is 12.5 Å². The van der Waals surface area contributed by atoms with Crippen molar-refractivity contribution in [2.75, 3.05) is 33.3 Å². The summed E-state index contributed by atoms with van der Waals surface area (Å²) >= 11 is 0. The van der Waals surface area contributed by atoms with E-state index in [1.807, 2.05) is 12.1 Å². The first-order valence-corrected chi connectivity index (χ1v) is 12.9. The molecule has 2 saturated heterocycles. The summed E-state index contributed by atoms with van der Waals surface area (Å²) in [6, 6.07) is 18.8. The van der Waals surface area contributed by atoms with E-state index in [9.17, 15) is 9.59 Å². The molecule has 1 saturated carbocycles. The number of hydrogen-bond acceptors (Lipinski definition) is 4. The number of benzene rings is 2. The highest BCUT2D eigenvalue weighted by atomic mass is 16.5. The van der Waals surface area contributed by atoms with Crippen molar-refractivity contribution < 1.29 is 14.3 Å². The van der Waals surface area contributed by atoms with Gasteiger partial charge in [-0.25, -0.2) is 0 Å². The largest absolute Gasteiger partial charge is 0.497 e. The van der Waals surface area contributed by atoms with Crippen LogP contribution in [0, 0.1) is 11.3 Å². The minimum absolute atomic E-state index is 0.130. The summed E-state index contributed by atoms with van der Waals surface area (Å²) in [5.41, 5.74) is 7.66. The van der Waals surface area contributed by atoms with E-state index >= 15 is 0 Å². The Labute approximate surface area is 209 Å². The number of likely N-dealkylation sites (tertiary alicyclic amines) is 2. The Morgan fingerprint density at radius 2 is 1.71 bits per heavy atom. The van der Waals surface area contributed by atoms with Gasteiger partial charge in [0.25, 0.3) is 0 Å². The quantitative estimate of drug-likeness (QED) is 0.623.